The number of carbonyl (C=O) groups is 1. The van der Waals surface area contributed by atoms with Gasteiger partial charge in [0.1, 0.15) is 12.3 Å². The van der Waals surface area contributed by atoms with E-state index < -0.39 is 21.2 Å². The van der Waals surface area contributed by atoms with Crippen molar-refractivity contribution in [2.45, 2.75) is 38.5 Å². The number of aromatic nitrogens is 1. The summed E-state index contributed by atoms with van der Waals surface area (Å²) >= 11 is 0. The van der Waals surface area contributed by atoms with Crippen LogP contribution < -0.4 is 9.46 Å². The Balaban J connectivity index is 2.12. The Morgan fingerprint density at radius 3 is 2.74 bits per heavy atom. The molecule has 0 spiro atoms. The van der Waals surface area contributed by atoms with Crippen molar-refractivity contribution >= 4 is 26.8 Å². The van der Waals surface area contributed by atoms with E-state index in [1.807, 2.05) is 25.1 Å². The molecule has 0 bridgehead atoms. The fourth-order valence-electron chi connectivity index (χ4n) is 2.45. The van der Waals surface area contributed by atoms with Crippen LogP contribution in [0.25, 0.3) is 10.9 Å². The third-order valence-corrected chi connectivity index (χ3v) is 5.58. The lowest BCUT2D eigenvalue weighted by atomic mass is 10.2. The van der Waals surface area contributed by atoms with Crippen molar-refractivity contribution in [2.24, 2.45) is 0 Å². The van der Waals surface area contributed by atoms with Gasteiger partial charge < -0.3 is 9.30 Å². The first-order valence-electron chi connectivity index (χ1n) is 7.54. The minimum atomic E-state index is -3.62. The van der Waals surface area contributed by atoms with Gasteiger partial charge in [0.15, 0.2) is 0 Å². The van der Waals surface area contributed by atoms with Crippen LogP contribution in [0.4, 0.5) is 0 Å². The number of ether oxygens (including phenoxy) is 1. The van der Waals surface area contributed by atoms with Gasteiger partial charge in [-0.2, -0.15) is 0 Å². The van der Waals surface area contributed by atoms with E-state index in [4.69, 9.17) is 4.74 Å². The van der Waals surface area contributed by atoms with Crippen LogP contribution in [0.5, 0.6) is 5.75 Å². The maximum atomic E-state index is 12.1. The lowest BCUT2D eigenvalue weighted by Crippen LogP contribution is -2.38. The maximum absolute atomic E-state index is 12.1. The van der Waals surface area contributed by atoms with Crippen molar-refractivity contribution in [2.75, 3.05) is 7.11 Å². The number of amides is 1. The third-order valence-electron chi connectivity index (χ3n) is 3.77. The van der Waals surface area contributed by atoms with Crippen LogP contribution in [0.2, 0.25) is 0 Å². The lowest BCUT2D eigenvalue weighted by molar-refractivity contribution is -0.119. The summed E-state index contributed by atoms with van der Waals surface area (Å²) in [4.78, 5) is 12.1. The Labute approximate surface area is 136 Å². The normalized spacial score (nSPS) is 13.0. The summed E-state index contributed by atoms with van der Waals surface area (Å²) in [7, 11) is -2.03. The smallest absolute Gasteiger partial charge is 0.253 e. The number of hydrogen-bond donors (Lipinski definition) is 1. The summed E-state index contributed by atoms with van der Waals surface area (Å²) in [5, 5.41) is 0.349. The number of sulfonamides is 1. The molecule has 6 nitrogen and oxygen atoms in total. The van der Waals surface area contributed by atoms with Gasteiger partial charge in [-0.25, -0.2) is 8.42 Å². The number of nitrogens with one attached hydrogen (secondary N) is 1. The Bertz CT molecular complexity index is 796. The van der Waals surface area contributed by atoms with Crippen molar-refractivity contribution in [1.82, 2.24) is 9.29 Å². The fourth-order valence-corrected chi connectivity index (χ4v) is 3.58. The highest BCUT2D eigenvalue weighted by Crippen LogP contribution is 2.21. The highest BCUT2D eigenvalue weighted by atomic mass is 32.2. The van der Waals surface area contributed by atoms with Gasteiger partial charge in [-0.1, -0.05) is 13.3 Å². The largest absolute Gasteiger partial charge is 0.497 e. The summed E-state index contributed by atoms with van der Waals surface area (Å²) in [6, 6.07) is 7.37. The monoisotopic (exact) mass is 338 g/mol. The van der Waals surface area contributed by atoms with Crippen LogP contribution in [-0.2, 0) is 21.4 Å². The maximum Gasteiger partial charge on any atom is 0.253 e. The van der Waals surface area contributed by atoms with Gasteiger partial charge >= 0.3 is 0 Å². The van der Waals surface area contributed by atoms with Gasteiger partial charge in [-0.15, -0.1) is 0 Å². The average molecular weight is 338 g/mol. The van der Waals surface area contributed by atoms with Gasteiger partial charge in [0.05, 0.1) is 12.4 Å². The number of rotatable bonds is 7. The average Bonchev–Trinajstić information content (AvgIpc) is 2.89. The van der Waals surface area contributed by atoms with Crippen LogP contribution in [0.3, 0.4) is 0 Å². The number of methoxy groups -OCH3 is 1. The lowest BCUT2D eigenvalue weighted by Gasteiger charge is -2.13. The molecule has 2 rings (SSSR count). The van der Waals surface area contributed by atoms with Gasteiger partial charge in [-0.3, -0.25) is 9.52 Å². The quantitative estimate of drug-likeness (QED) is 0.840. The summed E-state index contributed by atoms with van der Waals surface area (Å²) in [6.07, 6.45) is 3.03. The first-order chi connectivity index (χ1) is 10.9. The van der Waals surface area contributed by atoms with E-state index in [-0.39, 0.29) is 6.54 Å². The summed E-state index contributed by atoms with van der Waals surface area (Å²) in [6.45, 7) is 3.47. The van der Waals surface area contributed by atoms with Gasteiger partial charge in [0.25, 0.3) is 5.91 Å². The van der Waals surface area contributed by atoms with E-state index in [1.165, 1.54) is 0 Å². The van der Waals surface area contributed by atoms with Crippen LogP contribution in [0.15, 0.2) is 30.5 Å². The summed E-state index contributed by atoms with van der Waals surface area (Å²) < 4.78 is 33.1. The van der Waals surface area contributed by atoms with E-state index in [0.29, 0.717) is 6.42 Å². The highest BCUT2D eigenvalue weighted by Gasteiger charge is 2.22. The SMILES string of the molecule is CCCC(C)S(=O)(=O)NC(=O)Cn1ccc2cc(OC)ccc21. The second kappa shape index (κ2) is 7.04. The van der Waals surface area contributed by atoms with Crippen LogP contribution in [0, 0.1) is 0 Å². The predicted molar refractivity (Wildman–Crippen MR) is 89.9 cm³/mol. The second-order valence-electron chi connectivity index (χ2n) is 5.54. The van der Waals surface area contributed by atoms with Crippen LogP contribution in [-0.4, -0.2) is 31.3 Å². The number of benzene rings is 1. The second-order valence-corrected chi connectivity index (χ2v) is 7.64. The zero-order valence-corrected chi connectivity index (χ0v) is 14.4. The molecule has 0 aliphatic rings. The molecule has 0 aliphatic heterocycles. The van der Waals surface area contributed by atoms with Crippen molar-refractivity contribution < 1.29 is 17.9 Å². The molecule has 1 unspecified atom stereocenters. The van der Waals surface area contributed by atoms with E-state index >= 15 is 0 Å². The third kappa shape index (κ3) is 4.04. The Morgan fingerprint density at radius 1 is 1.35 bits per heavy atom. The Kier molecular flexibility index (Phi) is 5.30. The van der Waals surface area contributed by atoms with Crippen LogP contribution >= 0.6 is 0 Å². The van der Waals surface area contributed by atoms with E-state index in [0.717, 1.165) is 23.1 Å². The molecule has 1 atom stereocenters. The van der Waals surface area contributed by atoms with Gasteiger partial charge in [-0.05, 0) is 37.6 Å². The molecule has 7 heteroatoms. The number of carbonyl (C=O) groups excluding carboxylic acids is 1. The molecule has 0 saturated heterocycles. The number of hydrogen-bond acceptors (Lipinski definition) is 4. The van der Waals surface area contributed by atoms with Crippen molar-refractivity contribution in [3.05, 3.63) is 30.5 Å². The molecule has 0 fully saturated rings. The fraction of sp³-hybridized carbons (Fsp3) is 0.438. The van der Waals surface area contributed by atoms with Gasteiger partial charge in [0.2, 0.25) is 10.0 Å². The summed E-state index contributed by atoms with van der Waals surface area (Å²) in [5.41, 5.74) is 0.847. The molecule has 1 N–H and O–H groups in total. The highest BCUT2D eigenvalue weighted by molar-refractivity contribution is 7.90. The van der Waals surface area contributed by atoms with Crippen molar-refractivity contribution in [3.8, 4) is 5.75 Å². The molecule has 0 saturated carbocycles. The molecule has 1 heterocycles. The van der Waals surface area contributed by atoms with E-state index in [2.05, 4.69) is 4.72 Å². The molecular weight excluding hydrogens is 316 g/mol. The summed E-state index contributed by atoms with van der Waals surface area (Å²) in [5.74, 6) is 0.192. The first-order valence-corrected chi connectivity index (χ1v) is 9.09. The molecule has 23 heavy (non-hydrogen) atoms. The molecule has 0 aliphatic carbocycles. The number of fused-ring (bicyclic) bond motifs is 1. The molecule has 1 amide bonds. The Morgan fingerprint density at radius 2 is 2.09 bits per heavy atom. The van der Waals surface area contributed by atoms with E-state index in [9.17, 15) is 13.2 Å². The molecule has 0 radical (unpaired) electrons. The topological polar surface area (TPSA) is 77.4 Å². The Hall–Kier alpha value is -2.02. The van der Waals surface area contributed by atoms with Crippen LogP contribution in [0.1, 0.15) is 26.7 Å². The predicted octanol–water partition coefficient (Wildman–Crippen LogP) is 2.28. The number of nitrogens with zero attached hydrogens (tertiary/aromatic N) is 1. The molecule has 1 aromatic carbocycles. The molecular formula is C16H22N2O4S. The first kappa shape index (κ1) is 17.3. The molecule has 1 aromatic heterocycles. The zero-order chi connectivity index (χ0) is 17.0. The molecule has 126 valence electrons. The van der Waals surface area contributed by atoms with Crippen molar-refractivity contribution in [1.29, 1.82) is 0 Å². The van der Waals surface area contributed by atoms with E-state index in [1.54, 1.807) is 30.9 Å². The standard InChI is InChI=1S/C16H22N2O4S/c1-4-5-12(2)23(20,21)17-16(19)11-18-9-8-13-10-14(22-3)6-7-15(13)18/h6-10,12H,4-5,11H2,1-3H3,(H,17,19). The zero-order valence-electron chi connectivity index (χ0n) is 13.6. The van der Waals surface area contributed by atoms with Gasteiger partial charge in [0, 0.05) is 17.1 Å². The van der Waals surface area contributed by atoms with Crippen molar-refractivity contribution in [3.63, 3.8) is 0 Å². The molecule has 2 aromatic rings. The minimum Gasteiger partial charge on any atom is -0.497 e. The minimum absolute atomic E-state index is 0.0477.